The molecule has 2 aromatic heterocycles. The first-order valence-electron chi connectivity index (χ1n) is 17.8. The Labute approximate surface area is 302 Å². The molecule has 1 aromatic carbocycles. The number of aryl methyl sites for hydroxylation is 1. The highest BCUT2D eigenvalue weighted by atomic mass is 32.2. The van der Waals surface area contributed by atoms with E-state index in [2.05, 4.69) is 27.2 Å². The highest BCUT2D eigenvalue weighted by Gasteiger charge is 2.48. The molecule has 51 heavy (non-hydrogen) atoms. The molecule has 2 fully saturated rings. The Hall–Kier alpha value is -3.68. The van der Waals surface area contributed by atoms with Crippen LogP contribution >= 0.6 is 11.8 Å². The molecule has 0 spiro atoms. The summed E-state index contributed by atoms with van der Waals surface area (Å²) < 4.78 is 41.2. The van der Waals surface area contributed by atoms with E-state index < -0.39 is 11.7 Å². The number of pyridine rings is 2. The van der Waals surface area contributed by atoms with E-state index in [0.29, 0.717) is 51.2 Å². The van der Waals surface area contributed by atoms with E-state index in [-0.39, 0.29) is 56.5 Å². The van der Waals surface area contributed by atoms with Gasteiger partial charge in [-0.05, 0) is 83.5 Å². The van der Waals surface area contributed by atoms with Gasteiger partial charge < -0.3 is 34.7 Å². The third-order valence-electron chi connectivity index (χ3n) is 10.8. The van der Waals surface area contributed by atoms with Crippen molar-refractivity contribution in [3.8, 4) is 22.6 Å². The van der Waals surface area contributed by atoms with Gasteiger partial charge >= 0.3 is 0 Å². The number of hydrogen-bond acceptors (Lipinski definition) is 9. The zero-order chi connectivity index (χ0) is 36.5. The number of rotatable bonds is 11. The van der Waals surface area contributed by atoms with Crippen molar-refractivity contribution in [1.82, 2.24) is 20.2 Å². The fraction of sp³-hybridized carbons (Fsp3) is 0.553. The number of carbonyl (C=O) groups is 1. The van der Waals surface area contributed by atoms with Crippen molar-refractivity contribution < 1.29 is 28.2 Å². The minimum absolute atomic E-state index is 0.0483. The summed E-state index contributed by atoms with van der Waals surface area (Å²) in [6, 6.07) is 7.81. The van der Waals surface area contributed by atoms with Gasteiger partial charge in [-0.15, -0.1) is 11.8 Å². The molecule has 3 aromatic rings. The van der Waals surface area contributed by atoms with Crippen molar-refractivity contribution in [2.24, 2.45) is 5.92 Å². The summed E-state index contributed by atoms with van der Waals surface area (Å²) >= 11 is 1.45. The van der Waals surface area contributed by atoms with Gasteiger partial charge in [-0.2, -0.15) is 0 Å². The molecular weight excluding hydrogens is 677 g/mol. The van der Waals surface area contributed by atoms with Crippen LogP contribution in [0.1, 0.15) is 79.0 Å². The van der Waals surface area contributed by atoms with Crippen LogP contribution in [-0.4, -0.2) is 83.2 Å². The number of amides is 1. The zero-order valence-corrected chi connectivity index (χ0v) is 30.9. The van der Waals surface area contributed by atoms with Gasteiger partial charge in [0.15, 0.2) is 11.5 Å². The standard InChI is InChI=1S/C38H49F2N5O5S/c1-23-19-31(51-5)30(36(48)43-23)22-42-35(47)28-20-29(25-7-12-32(41-21-25)45-16-13-38(39,40)14-17-45)34-33(24(28)2)49-37(3,50-34)26-8-10-27(11-9-26)44(4)15-6-18-46/h7,12,19-21,26-27,46H,6,8-11,13-18,22H2,1-5H3,(H,42,47)(H,43,48). The number of thioether (sulfide) groups is 1. The summed E-state index contributed by atoms with van der Waals surface area (Å²) in [6.45, 7) is 7.16. The van der Waals surface area contributed by atoms with Crippen molar-refractivity contribution in [2.45, 2.75) is 94.9 Å². The maximum absolute atomic E-state index is 13.9. The largest absolute Gasteiger partial charge is 0.448 e. The molecule has 10 nitrogen and oxygen atoms in total. The fourth-order valence-electron chi connectivity index (χ4n) is 7.64. The van der Waals surface area contributed by atoms with Gasteiger partial charge in [0.2, 0.25) is 0 Å². The van der Waals surface area contributed by atoms with Crippen LogP contribution in [0.3, 0.4) is 0 Å². The van der Waals surface area contributed by atoms with Crippen LogP contribution in [0.4, 0.5) is 14.6 Å². The van der Waals surface area contributed by atoms with Crippen molar-refractivity contribution in [3.05, 3.63) is 63.2 Å². The summed E-state index contributed by atoms with van der Waals surface area (Å²) in [6.07, 6.45) is 7.67. The SMILES string of the molecule is CSc1cc(C)[nH]c(=O)c1CNC(=O)c1cc(-c2ccc(N3CCC(F)(F)CC3)nc2)c2c(c1C)OC(C)(C1CCC(N(C)CCCO)CC1)O2. The average molecular weight is 726 g/mol. The second-order valence-electron chi connectivity index (χ2n) is 14.3. The van der Waals surface area contributed by atoms with E-state index in [9.17, 15) is 23.5 Å². The number of fused-ring (bicyclic) bond motifs is 1. The molecule has 276 valence electrons. The van der Waals surface area contributed by atoms with Gasteiger partial charge in [0, 0.05) is 109 Å². The maximum atomic E-state index is 13.9. The van der Waals surface area contributed by atoms with Gasteiger partial charge in [-0.1, -0.05) is 0 Å². The highest BCUT2D eigenvalue weighted by Crippen LogP contribution is 2.53. The van der Waals surface area contributed by atoms with Gasteiger partial charge in [-0.25, -0.2) is 13.8 Å². The first-order chi connectivity index (χ1) is 24.3. The second-order valence-corrected chi connectivity index (χ2v) is 15.1. The third-order valence-corrected chi connectivity index (χ3v) is 11.6. The number of hydrogen-bond donors (Lipinski definition) is 3. The van der Waals surface area contributed by atoms with Gasteiger partial charge in [0.25, 0.3) is 23.2 Å². The number of anilines is 1. The van der Waals surface area contributed by atoms with Crippen molar-refractivity contribution in [2.75, 3.05) is 44.4 Å². The van der Waals surface area contributed by atoms with E-state index in [4.69, 9.17) is 9.47 Å². The summed E-state index contributed by atoms with van der Waals surface area (Å²) in [5.41, 5.74) is 3.37. The van der Waals surface area contributed by atoms with Crippen molar-refractivity contribution >= 4 is 23.5 Å². The first kappa shape index (κ1) is 37.1. The predicted octanol–water partition coefficient (Wildman–Crippen LogP) is 6.30. The van der Waals surface area contributed by atoms with E-state index in [0.717, 1.165) is 49.2 Å². The molecule has 1 amide bonds. The van der Waals surface area contributed by atoms with Crippen LogP contribution in [0, 0.1) is 19.8 Å². The van der Waals surface area contributed by atoms with Crippen LogP contribution in [-0.2, 0) is 6.54 Å². The quantitative estimate of drug-likeness (QED) is 0.196. The number of alkyl halides is 2. The molecule has 4 heterocycles. The molecular formula is C38H49F2N5O5S. The van der Waals surface area contributed by atoms with E-state index in [1.165, 1.54) is 11.8 Å². The number of nitrogens with one attached hydrogen (secondary N) is 2. The van der Waals surface area contributed by atoms with Crippen molar-refractivity contribution in [3.63, 3.8) is 0 Å². The van der Waals surface area contributed by atoms with Crippen LogP contribution in [0.25, 0.3) is 11.1 Å². The minimum Gasteiger partial charge on any atom is -0.448 e. The Morgan fingerprint density at radius 1 is 1.14 bits per heavy atom. The number of piperidine rings is 1. The molecule has 13 heteroatoms. The molecule has 1 atom stereocenters. The normalized spacial score (nSPS) is 22.7. The number of aliphatic hydroxyl groups is 1. The number of H-pyrrole nitrogens is 1. The van der Waals surface area contributed by atoms with E-state index >= 15 is 0 Å². The lowest BCUT2D eigenvalue weighted by Crippen LogP contribution is -2.47. The number of carbonyl (C=O) groups excluding carboxylic acids is 1. The van der Waals surface area contributed by atoms with Crippen LogP contribution in [0.2, 0.25) is 0 Å². The number of halogens is 2. The number of aromatic nitrogens is 2. The summed E-state index contributed by atoms with van der Waals surface area (Å²) in [7, 11) is 2.11. The summed E-state index contributed by atoms with van der Waals surface area (Å²) in [5.74, 6) is -2.20. The molecule has 3 N–H and O–H groups in total. The zero-order valence-electron chi connectivity index (χ0n) is 30.1. The smallest absolute Gasteiger partial charge is 0.254 e. The van der Waals surface area contributed by atoms with Crippen molar-refractivity contribution in [1.29, 1.82) is 0 Å². The molecule has 6 rings (SSSR count). The van der Waals surface area contributed by atoms with Crippen LogP contribution < -0.4 is 25.2 Å². The fourth-order valence-corrected chi connectivity index (χ4v) is 8.34. The topological polar surface area (TPSA) is 120 Å². The molecule has 1 saturated carbocycles. The molecule has 0 radical (unpaired) electrons. The molecule has 1 saturated heterocycles. The Morgan fingerprint density at radius 2 is 1.84 bits per heavy atom. The van der Waals surface area contributed by atoms with Crippen LogP contribution in [0.15, 0.2) is 40.2 Å². The van der Waals surface area contributed by atoms with Gasteiger partial charge in [0.1, 0.15) is 5.82 Å². The van der Waals surface area contributed by atoms with E-state index in [1.54, 1.807) is 12.3 Å². The third kappa shape index (κ3) is 7.90. The Bertz CT molecular complexity index is 1790. The predicted molar refractivity (Wildman–Crippen MR) is 195 cm³/mol. The number of ether oxygens (including phenoxy) is 2. The monoisotopic (exact) mass is 725 g/mol. The summed E-state index contributed by atoms with van der Waals surface area (Å²) in [4.78, 5) is 39.2. The molecule has 1 aliphatic carbocycles. The van der Waals surface area contributed by atoms with Gasteiger partial charge in [0.05, 0.1) is 0 Å². The number of aliphatic hydroxyl groups excluding tert-OH is 1. The Kier molecular flexibility index (Phi) is 11.0. The molecule has 0 bridgehead atoms. The second kappa shape index (κ2) is 15.1. The molecule has 1 unspecified atom stereocenters. The lowest BCUT2D eigenvalue weighted by atomic mass is 9.81. The Balaban J connectivity index is 1.29. The minimum atomic E-state index is -2.65. The average Bonchev–Trinajstić information content (AvgIpc) is 3.49. The Morgan fingerprint density at radius 3 is 2.49 bits per heavy atom. The van der Waals surface area contributed by atoms with Gasteiger partial charge in [-0.3, -0.25) is 9.59 Å². The molecule has 2 aliphatic heterocycles. The lowest BCUT2D eigenvalue weighted by molar-refractivity contribution is -0.123. The lowest BCUT2D eigenvalue weighted by Gasteiger charge is -2.40. The van der Waals surface area contributed by atoms with Crippen LogP contribution in [0.5, 0.6) is 11.5 Å². The number of aromatic amines is 1. The van der Waals surface area contributed by atoms with E-state index in [1.807, 2.05) is 50.1 Å². The first-order valence-corrected chi connectivity index (χ1v) is 19.1. The maximum Gasteiger partial charge on any atom is 0.254 e. The highest BCUT2D eigenvalue weighted by molar-refractivity contribution is 7.98. The number of nitrogens with zero attached hydrogens (tertiary/aromatic N) is 3. The molecule has 3 aliphatic rings. The number of benzene rings is 1. The summed E-state index contributed by atoms with van der Waals surface area (Å²) in [5, 5.41) is 12.2.